The van der Waals surface area contributed by atoms with Crippen molar-refractivity contribution < 1.29 is 0 Å². The van der Waals surface area contributed by atoms with Gasteiger partial charge in [0.15, 0.2) is 0 Å². The van der Waals surface area contributed by atoms with Gasteiger partial charge < -0.3 is 4.90 Å². The predicted octanol–water partition coefficient (Wildman–Crippen LogP) is 3.66. The van der Waals surface area contributed by atoms with E-state index < -0.39 is 0 Å². The highest BCUT2D eigenvalue weighted by Gasteiger charge is 2.21. The zero-order valence-electron chi connectivity index (χ0n) is 13.6. The molecule has 0 bridgehead atoms. The van der Waals surface area contributed by atoms with E-state index in [1.165, 1.54) is 51.5 Å². The van der Waals surface area contributed by atoms with E-state index in [1.54, 1.807) is 0 Å². The van der Waals surface area contributed by atoms with Crippen LogP contribution >= 0.6 is 0 Å². The third-order valence-electron chi connectivity index (χ3n) is 4.46. The lowest BCUT2D eigenvalue weighted by molar-refractivity contribution is 0.111. The molecule has 0 N–H and O–H groups in total. The first-order chi connectivity index (χ1) is 9.81. The number of hydrogen-bond donors (Lipinski definition) is 0. The van der Waals surface area contributed by atoms with Crippen molar-refractivity contribution in [2.75, 3.05) is 32.7 Å². The fraction of sp³-hybridized carbons (Fsp3) is 0.941. The van der Waals surface area contributed by atoms with Crippen LogP contribution in [0.15, 0.2) is 0 Å². The first-order valence-corrected chi connectivity index (χ1v) is 8.67. The standard InChI is InChI=1S/C17H33N3/c1-3-5-6-7-8-9-10-11-19-12-14-20(15-13-19)17(4-2)16-18/h17H,3-15H2,1-2H3. The van der Waals surface area contributed by atoms with E-state index in [-0.39, 0.29) is 6.04 Å². The Labute approximate surface area is 125 Å². The average Bonchev–Trinajstić information content (AvgIpc) is 2.49. The molecule has 1 heterocycles. The fourth-order valence-corrected chi connectivity index (χ4v) is 3.02. The van der Waals surface area contributed by atoms with Gasteiger partial charge in [0.25, 0.3) is 0 Å². The van der Waals surface area contributed by atoms with Crippen molar-refractivity contribution in [3.63, 3.8) is 0 Å². The second-order valence-corrected chi connectivity index (χ2v) is 6.05. The molecule has 0 aromatic heterocycles. The van der Waals surface area contributed by atoms with Gasteiger partial charge >= 0.3 is 0 Å². The zero-order chi connectivity index (χ0) is 14.6. The van der Waals surface area contributed by atoms with Crippen molar-refractivity contribution in [3.8, 4) is 6.07 Å². The molecule has 1 fully saturated rings. The van der Waals surface area contributed by atoms with E-state index in [2.05, 4.69) is 29.7 Å². The molecule has 116 valence electrons. The molecule has 20 heavy (non-hydrogen) atoms. The predicted molar refractivity (Wildman–Crippen MR) is 85.7 cm³/mol. The van der Waals surface area contributed by atoms with Gasteiger partial charge in [0.1, 0.15) is 0 Å². The fourth-order valence-electron chi connectivity index (χ4n) is 3.02. The molecule has 3 nitrogen and oxygen atoms in total. The minimum atomic E-state index is 0.135. The first-order valence-electron chi connectivity index (χ1n) is 8.67. The molecule has 1 aliphatic rings. The van der Waals surface area contributed by atoms with Crippen LogP contribution in [0, 0.1) is 11.3 Å². The lowest BCUT2D eigenvalue weighted by Crippen LogP contribution is -2.49. The van der Waals surface area contributed by atoms with Gasteiger partial charge in [0, 0.05) is 26.2 Å². The zero-order valence-corrected chi connectivity index (χ0v) is 13.6. The number of hydrogen-bond acceptors (Lipinski definition) is 3. The summed E-state index contributed by atoms with van der Waals surface area (Å²) in [6.45, 7) is 10.1. The van der Waals surface area contributed by atoms with Gasteiger partial charge in [-0.3, -0.25) is 4.90 Å². The summed E-state index contributed by atoms with van der Waals surface area (Å²) in [6.07, 6.45) is 10.7. The molecule has 0 aliphatic carbocycles. The van der Waals surface area contributed by atoms with Gasteiger partial charge in [0.05, 0.1) is 12.1 Å². The van der Waals surface area contributed by atoms with E-state index in [4.69, 9.17) is 5.26 Å². The summed E-state index contributed by atoms with van der Waals surface area (Å²) < 4.78 is 0. The van der Waals surface area contributed by atoms with Crippen LogP contribution in [0.1, 0.15) is 65.2 Å². The van der Waals surface area contributed by atoms with Crippen LogP contribution in [0.5, 0.6) is 0 Å². The van der Waals surface area contributed by atoms with Crippen LogP contribution in [0.2, 0.25) is 0 Å². The van der Waals surface area contributed by atoms with Gasteiger partial charge in [-0.2, -0.15) is 5.26 Å². The molecule has 1 rings (SSSR count). The maximum atomic E-state index is 9.10. The lowest BCUT2D eigenvalue weighted by atomic mass is 10.1. The van der Waals surface area contributed by atoms with Gasteiger partial charge in [-0.25, -0.2) is 0 Å². The quantitative estimate of drug-likeness (QED) is 0.572. The molecule has 1 saturated heterocycles. The molecule has 3 heteroatoms. The van der Waals surface area contributed by atoms with Gasteiger partial charge in [-0.15, -0.1) is 0 Å². The molecule has 0 aromatic rings. The largest absolute Gasteiger partial charge is 0.301 e. The van der Waals surface area contributed by atoms with Crippen LogP contribution in [-0.4, -0.2) is 48.6 Å². The monoisotopic (exact) mass is 279 g/mol. The highest BCUT2D eigenvalue weighted by molar-refractivity contribution is 4.92. The minimum Gasteiger partial charge on any atom is -0.301 e. The van der Waals surface area contributed by atoms with Crippen molar-refractivity contribution in [2.24, 2.45) is 0 Å². The Bertz CT molecular complexity index is 264. The lowest BCUT2D eigenvalue weighted by Gasteiger charge is -2.36. The average molecular weight is 279 g/mol. The van der Waals surface area contributed by atoms with Crippen molar-refractivity contribution in [2.45, 2.75) is 71.3 Å². The third-order valence-corrected chi connectivity index (χ3v) is 4.46. The summed E-state index contributed by atoms with van der Waals surface area (Å²) in [7, 11) is 0. The van der Waals surface area contributed by atoms with E-state index in [1.807, 2.05) is 0 Å². The van der Waals surface area contributed by atoms with E-state index in [9.17, 15) is 0 Å². The summed E-state index contributed by atoms with van der Waals surface area (Å²) in [4.78, 5) is 4.92. The highest BCUT2D eigenvalue weighted by atomic mass is 15.3. The Morgan fingerprint density at radius 2 is 1.50 bits per heavy atom. The van der Waals surface area contributed by atoms with Gasteiger partial charge in [-0.05, 0) is 19.4 Å². The number of nitrogens with zero attached hydrogens (tertiary/aromatic N) is 3. The smallest absolute Gasteiger partial charge is 0.0976 e. The van der Waals surface area contributed by atoms with Crippen LogP contribution in [0.25, 0.3) is 0 Å². The van der Waals surface area contributed by atoms with Gasteiger partial charge in [0.2, 0.25) is 0 Å². The summed E-state index contributed by atoms with van der Waals surface area (Å²) in [5, 5.41) is 9.10. The minimum absolute atomic E-state index is 0.135. The molecule has 1 atom stereocenters. The van der Waals surface area contributed by atoms with Gasteiger partial charge in [-0.1, -0.05) is 52.4 Å². The molecule has 1 aliphatic heterocycles. The summed E-state index contributed by atoms with van der Waals surface area (Å²) >= 11 is 0. The first kappa shape index (κ1) is 17.5. The number of rotatable bonds is 10. The molecular formula is C17H33N3. The van der Waals surface area contributed by atoms with Crippen LogP contribution in [-0.2, 0) is 0 Å². The molecule has 0 spiro atoms. The molecule has 0 saturated carbocycles. The SMILES string of the molecule is CCCCCCCCCN1CCN(C(C#N)CC)CC1. The Morgan fingerprint density at radius 1 is 0.900 bits per heavy atom. The maximum absolute atomic E-state index is 9.10. The normalized spacial score (nSPS) is 18.9. The van der Waals surface area contributed by atoms with Crippen molar-refractivity contribution in [1.29, 1.82) is 5.26 Å². The number of unbranched alkanes of at least 4 members (excludes halogenated alkanes) is 6. The Kier molecular flexibility index (Phi) is 9.70. The molecule has 1 unspecified atom stereocenters. The van der Waals surface area contributed by atoms with Crippen LogP contribution in [0.4, 0.5) is 0 Å². The molecule has 0 radical (unpaired) electrons. The Balaban J connectivity index is 2.01. The van der Waals surface area contributed by atoms with E-state index in [0.29, 0.717) is 0 Å². The summed E-state index contributed by atoms with van der Waals surface area (Å²) in [5.41, 5.74) is 0. The second kappa shape index (κ2) is 11.1. The number of piperazine rings is 1. The van der Waals surface area contributed by atoms with Crippen LogP contribution in [0.3, 0.4) is 0 Å². The molecule has 0 amide bonds. The summed E-state index contributed by atoms with van der Waals surface area (Å²) in [6, 6.07) is 2.56. The Hall–Kier alpha value is -0.590. The second-order valence-electron chi connectivity index (χ2n) is 6.05. The van der Waals surface area contributed by atoms with E-state index in [0.717, 1.165) is 32.6 Å². The maximum Gasteiger partial charge on any atom is 0.0976 e. The third kappa shape index (κ3) is 6.72. The molecular weight excluding hydrogens is 246 g/mol. The van der Waals surface area contributed by atoms with Crippen molar-refractivity contribution in [3.05, 3.63) is 0 Å². The number of nitriles is 1. The topological polar surface area (TPSA) is 30.3 Å². The molecule has 0 aromatic carbocycles. The Morgan fingerprint density at radius 3 is 2.05 bits per heavy atom. The highest BCUT2D eigenvalue weighted by Crippen LogP contribution is 2.11. The van der Waals surface area contributed by atoms with Crippen LogP contribution < -0.4 is 0 Å². The summed E-state index contributed by atoms with van der Waals surface area (Å²) in [5.74, 6) is 0. The van der Waals surface area contributed by atoms with Crippen molar-refractivity contribution >= 4 is 0 Å². The van der Waals surface area contributed by atoms with Crippen molar-refractivity contribution in [1.82, 2.24) is 9.80 Å². The van der Waals surface area contributed by atoms with E-state index >= 15 is 0 Å².